The van der Waals surface area contributed by atoms with E-state index in [-0.39, 0.29) is 0 Å². The van der Waals surface area contributed by atoms with Crippen LogP contribution < -0.4 is 5.73 Å². The van der Waals surface area contributed by atoms with E-state index in [1.54, 1.807) is 23.9 Å². The van der Waals surface area contributed by atoms with Crippen molar-refractivity contribution in [2.24, 2.45) is 5.73 Å². The van der Waals surface area contributed by atoms with Crippen molar-refractivity contribution in [3.8, 4) is 0 Å². The van der Waals surface area contributed by atoms with Gasteiger partial charge in [-0.15, -0.1) is 11.8 Å². The summed E-state index contributed by atoms with van der Waals surface area (Å²) in [5.41, 5.74) is 6.12. The van der Waals surface area contributed by atoms with Crippen molar-refractivity contribution in [2.75, 3.05) is 0 Å². The fraction of sp³-hybridized carbons (Fsp3) is 0.364. The van der Waals surface area contributed by atoms with Gasteiger partial charge < -0.3 is 10.8 Å². The summed E-state index contributed by atoms with van der Waals surface area (Å²) in [5, 5.41) is 9.24. The lowest BCUT2D eigenvalue weighted by Crippen LogP contribution is -2.20. The highest BCUT2D eigenvalue weighted by atomic mass is 32.2. The molecule has 0 aliphatic heterocycles. The predicted octanol–water partition coefficient (Wildman–Crippen LogP) is 2.27. The lowest BCUT2D eigenvalue weighted by atomic mass is 10.1. The first-order chi connectivity index (χ1) is 7.00. The van der Waals surface area contributed by atoms with Crippen molar-refractivity contribution in [1.29, 1.82) is 0 Å². The molecule has 0 aromatic heterocycles. The zero-order chi connectivity index (χ0) is 11.4. The van der Waals surface area contributed by atoms with Gasteiger partial charge in [-0.2, -0.15) is 0 Å². The van der Waals surface area contributed by atoms with E-state index in [1.165, 1.54) is 0 Å². The normalized spacial score (nSPS) is 12.8. The number of hydrogen-bond donors (Lipinski definition) is 2. The lowest BCUT2D eigenvalue weighted by molar-refractivity contribution is -0.138. The molecule has 3 nitrogen and oxygen atoms in total. The fourth-order valence-corrected chi connectivity index (χ4v) is 2.01. The molecule has 0 bridgehead atoms. The maximum atomic E-state index is 10.6. The third-order valence-electron chi connectivity index (χ3n) is 1.88. The molecule has 0 spiro atoms. The summed E-state index contributed by atoms with van der Waals surface area (Å²) in [6.45, 7) is 4.23. The number of carbonyl (C=O) groups is 1. The molecule has 0 aliphatic rings. The summed E-state index contributed by atoms with van der Waals surface area (Å²) >= 11 is 1.74. The minimum atomic E-state index is -1.00. The Kier molecular flexibility index (Phi) is 4.17. The maximum absolute atomic E-state index is 10.6. The quantitative estimate of drug-likeness (QED) is 0.772. The number of hydrogen-bond acceptors (Lipinski definition) is 3. The Morgan fingerprint density at radius 2 is 1.87 bits per heavy atom. The van der Waals surface area contributed by atoms with Crippen LogP contribution in [0.15, 0.2) is 29.2 Å². The number of rotatable bonds is 4. The van der Waals surface area contributed by atoms with Crippen molar-refractivity contribution >= 4 is 17.7 Å². The molecule has 15 heavy (non-hydrogen) atoms. The molecule has 4 heteroatoms. The van der Waals surface area contributed by atoms with Gasteiger partial charge in [0, 0.05) is 10.1 Å². The van der Waals surface area contributed by atoms with Crippen LogP contribution in [0.2, 0.25) is 0 Å². The van der Waals surface area contributed by atoms with E-state index in [2.05, 4.69) is 13.8 Å². The first kappa shape index (κ1) is 12.1. The predicted molar refractivity (Wildman–Crippen MR) is 62.0 cm³/mol. The topological polar surface area (TPSA) is 63.3 Å². The number of benzene rings is 1. The van der Waals surface area contributed by atoms with Gasteiger partial charge in [-0.3, -0.25) is 4.79 Å². The summed E-state index contributed by atoms with van der Waals surface area (Å²) in [7, 11) is 0. The molecule has 1 aromatic carbocycles. The van der Waals surface area contributed by atoms with Gasteiger partial charge in [-0.1, -0.05) is 26.0 Å². The highest BCUT2D eigenvalue weighted by Crippen LogP contribution is 2.24. The Labute approximate surface area is 93.7 Å². The molecular weight excluding hydrogens is 210 g/mol. The van der Waals surface area contributed by atoms with E-state index >= 15 is 0 Å². The summed E-state index contributed by atoms with van der Waals surface area (Å²) in [6, 6.07) is 6.42. The number of aliphatic carboxylic acids is 1. The SMILES string of the molecule is CC(C)Sc1ccc(C(N)C(=O)O)cc1. The molecule has 0 heterocycles. The standard InChI is InChI=1S/C11H15NO2S/c1-7(2)15-9-5-3-8(4-6-9)10(12)11(13)14/h3-7,10H,12H2,1-2H3,(H,13,14). The second kappa shape index (κ2) is 5.19. The number of nitrogens with two attached hydrogens (primary N) is 1. The zero-order valence-corrected chi connectivity index (χ0v) is 9.62. The molecule has 1 unspecified atom stereocenters. The average Bonchev–Trinajstić information content (AvgIpc) is 2.17. The Balaban J connectivity index is 2.76. The van der Waals surface area contributed by atoms with Crippen LogP contribution in [0.1, 0.15) is 25.5 Å². The van der Waals surface area contributed by atoms with Crippen LogP contribution >= 0.6 is 11.8 Å². The summed E-state index contributed by atoms with van der Waals surface area (Å²) < 4.78 is 0. The van der Waals surface area contributed by atoms with Crippen molar-refractivity contribution < 1.29 is 9.90 Å². The number of carboxylic acids is 1. The molecule has 1 aromatic rings. The molecule has 0 radical (unpaired) electrons. The number of thioether (sulfide) groups is 1. The average molecular weight is 225 g/mol. The van der Waals surface area contributed by atoms with Crippen molar-refractivity contribution in [3.63, 3.8) is 0 Å². The molecule has 0 saturated heterocycles. The van der Waals surface area contributed by atoms with E-state index in [9.17, 15) is 4.79 Å². The third kappa shape index (κ3) is 3.57. The van der Waals surface area contributed by atoms with Gasteiger partial charge in [-0.05, 0) is 17.7 Å². The van der Waals surface area contributed by atoms with Gasteiger partial charge in [0.15, 0.2) is 0 Å². The Morgan fingerprint density at radius 1 is 1.33 bits per heavy atom. The van der Waals surface area contributed by atoms with Gasteiger partial charge in [0.25, 0.3) is 0 Å². The maximum Gasteiger partial charge on any atom is 0.325 e. The van der Waals surface area contributed by atoms with Crippen LogP contribution in [0.4, 0.5) is 0 Å². The Morgan fingerprint density at radius 3 is 2.27 bits per heavy atom. The van der Waals surface area contributed by atoms with Crippen molar-refractivity contribution in [3.05, 3.63) is 29.8 Å². The lowest BCUT2D eigenvalue weighted by Gasteiger charge is -2.08. The second-order valence-electron chi connectivity index (χ2n) is 3.55. The molecule has 0 amide bonds. The smallest absolute Gasteiger partial charge is 0.325 e. The van der Waals surface area contributed by atoms with E-state index in [1.807, 2.05) is 12.1 Å². The van der Waals surface area contributed by atoms with Gasteiger partial charge in [0.05, 0.1) is 0 Å². The summed E-state index contributed by atoms with van der Waals surface area (Å²) in [4.78, 5) is 11.8. The second-order valence-corrected chi connectivity index (χ2v) is 5.20. The van der Waals surface area contributed by atoms with Crippen LogP contribution in [0, 0.1) is 0 Å². The monoisotopic (exact) mass is 225 g/mol. The molecule has 0 aliphatic carbocycles. The third-order valence-corrected chi connectivity index (χ3v) is 2.89. The summed E-state index contributed by atoms with van der Waals surface area (Å²) in [5.74, 6) is -1.00. The molecule has 0 fully saturated rings. The first-order valence-corrected chi connectivity index (χ1v) is 5.63. The van der Waals surface area contributed by atoms with Crippen molar-refractivity contribution in [1.82, 2.24) is 0 Å². The minimum Gasteiger partial charge on any atom is -0.480 e. The first-order valence-electron chi connectivity index (χ1n) is 4.75. The molecule has 3 N–H and O–H groups in total. The zero-order valence-electron chi connectivity index (χ0n) is 8.81. The van der Waals surface area contributed by atoms with Gasteiger partial charge >= 0.3 is 5.97 Å². The van der Waals surface area contributed by atoms with Crippen LogP contribution in [-0.2, 0) is 4.79 Å². The molecule has 82 valence electrons. The molecule has 1 rings (SSSR count). The molecular formula is C11H15NO2S. The van der Waals surface area contributed by atoms with Crippen LogP contribution in [0.3, 0.4) is 0 Å². The van der Waals surface area contributed by atoms with E-state index in [0.717, 1.165) is 4.90 Å². The van der Waals surface area contributed by atoms with Gasteiger partial charge in [-0.25, -0.2) is 0 Å². The Bertz CT molecular complexity index is 335. The van der Waals surface area contributed by atoms with Crippen LogP contribution in [0.25, 0.3) is 0 Å². The number of carboxylic acid groups (broad SMARTS) is 1. The highest BCUT2D eigenvalue weighted by Gasteiger charge is 2.13. The van der Waals surface area contributed by atoms with Crippen LogP contribution in [0.5, 0.6) is 0 Å². The largest absolute Gasteiger partial charge is 0.480 e. The van der Waals surface area contributed by atoms with E-state index < -0.39 is 12.0 Å². The van der Waals surface area contributed by atoms with Crippen molar-refractivity contribution in [2.45, 2.75) is 30.0 Å². The Hall–Kier alpha value is -1.00. The fourth-order valence-electron chi connectivity index (χ4n) is 1.17. The van der Waals surface area contributed by atoms with Gasteiger partial charge in [0.1, 0.15) is 6.04 Å². The molecule has 0 saturated carbocycles. The van der Waals surface area contributed by atoms with E-state index in [4.69, 9.17) is 10.8 Å². The van der Waals surface area contributed by atoms with Gasteiger partial charge in [0.2, 0.25) is 0 Å². The summed E-state index contributed by atoms with van der Waals surface area (Å²) in [6.07, 6.45) is 0. The minimum absolute atomic E-state index is 0.518. The van der Waals surface area contributed by atoms with E-state index in [0.29, 0.717) is 10.8 Å². The van der Waals surface area contributed by atoms with Crippen LogP contribution in [-0.4, -0.2) is 16.3 Å². The highest BCUT2D eigenvalue weighted by molar-refractivity contribution is 7.99. The molecule has 1 atom stereocenters.